The molecule has 0 saturated carbocycles. The fourth-order valence-corrected chi connectivity index (χ4v) is 2.74. The average Bonchev–Trinajstić information content (AvgIpc) is 2.42. The van der Waals surface area contributed by atoms with Crippen LogP contribution in [-0.2, 0) is 9.53 Å². The summed E-state index contributed by atoms with van der Waals surface area (Å²) in [5, 5.41) is 0. The fourth-order valence-electron chi connectivity index (χ4n) is 1.96. The highest BCUT2D eigenvalue weighted by molar-refractivity contribution is 8.45. The van der Waals surface area contributed by atoms with E-state index in [2.05, 4.69) is 9.47 Å². The highest BCUT2D eigenvalue weighted by atomic mass is 35.5. The van der Waals surface area contributed by atoms with Crippen molar-refractivity contribution < 1.29 is 46.9 Å². The van der Waals surface area contributed by atoms with E-state index in [0.29, 0.717) is 12.1 Å². The number of halogens is 9. The zero-order valence-electron chi connectivity index (χ0n) is 11.6. The Morgan fingerprint density at radius 2 is 1.80 bits per heavy atom. The molecule has 1 atom stereocenters. The molecule has 3 nitrogen and oxygen atoms in total. The lowest BCUT2D eigenvalue weighted by Crippen LogP contribution is -2.40. The number of ether oxygens (including phenoxy) is 2. The molecule has 0 spiro atoms. The summed E-state index contributed by atoms with van der Waals surface area (Å²) in [6.07, 6.45) is -7.62. The Morgan fingerprint density at radius 1 is 1.20 bits per heavy atom. The van der Waals surface area contributed by atoms with E-state index >= 15 is 0 Å². The first-order chi connectivity index (χ1) is 11.0. The van der Waals surface area contributed by atoms with Gasteiger partial charge < -0.3 is 9.47 Å². The monoisotopic (exact) mass is 418 g/mol. The number of carbonyl (C=O) groups excluding carboxylic acids is 1. The van der Waals surface area contributed by atoms with Crippen LogP contribution in [-0.4, -0.2) is 24.3 Å². The summed E-state index contributed by atoms with van der Waals surface area (Å²) in [6.45, 7) is 0. The molecule has 0 radical (unpaired) electrons. The predicted molar refractivity (Wildman–Crippen MR) is 73.1 cm³/mol. The van der Waals surface area contributed by atoms with Gasteiger partial charge in [0, 0.05) is 5.56 Å². The Balaban J connectivity index is 2.61. The van der Waals surface area contributed by atoms with Crippen LogP contribution >= 0.6 is 21.8 Å². The maximum atomic E-state index is 13.0. The van der Waals surface area contributed by atoms with Gasteiger partial charge in [-0.2, -0.15) is 13.2 Å². The van der Waals surface area contributed by atoms with Crippen LogP contribution in [0.25, 0.3) is 6.08 Å². The van der Waals surface area contributed by atoms with E-state index in [1.165, 1.54) is 0 Å². The quantitative estimate of drug-likeness (QED) is 0.354. The summed E-state index contributed by atoms with van der Waals surface area (Å²) >= 11 is 5.06. The van der Waals surface area contributed by atoms with Gasteiger partial charge in [-0.05, 0) is 24.3 Å². The molecule has 1 aromatic carbocycles. The van der Waals surface area contributed by atoms with E-state index < -0.39 is 56.3 Å². The second-order valence-corrected chi connectivity index (χ2v) is 7.48. The molecule has 1 aliphatic heterocycles. The minimum Gasteiger partial charge on any atom is -0.475 e. The van der Waals surface area contributed by atoms with Gasteiger partial charge in [0.05, 0.1) is 5.57 Å². The highest BCUT2D eigenvalue weighted by Crippen LogP contribution is 3.02. The number of benzene rings is 1. The first kappa shape index (κ1) is 19.6. The molecule has 0 bridgehead atoms. The molecular weight excluding hydrogens is 412 g/mol. The van der Waals surface area contributed by atoms with Gasteiger partial charge in [0.1, 0.15) is 10.6 Å². The first-order valence-electron chi connectivity index (χ1n) is 6.09. The van der Waals surface area contributed by atoms with Crippen LogP contribution in [0.4, 0.5) is 32.6 Å². The van der Waals surface area contributed by atoms with Crippen LogP contribution in [0.1, 0.15) is 5.56 Å². The summed E-state index contributed by atoms with van der Waals surface area (Å²) in [5.41, 5.74) is -2.01. The highest BCUT2D eigenvalue weighted by Gasteiger charge is 2.65. The SMILES string of the molecule is O=C(OCCl)C1=Cc2cc(S(F)(F)(F)(F)F)ccc2O[C@@H]1C(F)(F)F. The van der Waals surface area contributed by atoms with Crippen molar-refractivity contribution in [1.82, 2.24) is 0 Å². The van der Waals surface area contributed by atoms with E-state index in [1.54, 1.807) is 0 Å². The van der Waals surface area contributed by atoms with Crippen LogP contribution in [0.5, 0.6) is 5.75 Å². The van der Waals surface area contributed by atoms with Gasteiger partial charge in [-0.3, -0.25) is 0 Å². The first-order valence-corrected chi connectivity index (χ1v) is 8.58. The second kappa shape index (κ2) is 5.16. The lowest BCUT2D eigenvalue weighted by atomic mass is 10.0. The third-order valence-electron chi connectivity index (χ3n) is 2.98. The van der Waals surface area contributed by atoms with E-state index in [1.807, 2.05) is 0 Å². The van der Waals surface area contributed by atoms with Crippen molar-refractivity contribution in [1.29, 1.82) is 0 Å². The van der Waals surface area contributed by atoms with Gasteiger partial charge in [0.2, 0.25) is 6.10 Å². The second-order valence-electron chi connectivity index (χ2n) is 4.85. The van der Waals surface area contributed by atoms with Crippen LogP contribution in [0.2, 0.25) is 0 Å². The normalized spacial score (nSPS) is 20.5. The standard InChI is InChI=1S/C12H7ClF8O3S/c13-5-23-11(22)8-4-6-3-7(25(17,18,19,20)21)1-2-9(6)24-10(8)12(14,15)16/h1-4,10H,5H2/t10-/m0/s1. The van der Waals surface area contributed by atoms with Gasteiger partial charge in [0.15, 0.2) is 6.07 Å². The maximum absolute atomic E-state index is 13.0. The summed E-state index contributed by atoms with van der Waals surface area (Å²) in [4.78, 5) is 9.22. The van der Waals surface area contributed by atoms with E-state index in [0.717, 1.165) is 0 Å². The van der Waals surface area contributed by atoms with Crippen molar-refractivity contribution in [3.8, 4) is 5.75 Å². The Labute approximate surface area is 139 Å². The molecule has 142 valence electrons. The molecule has 1 aliphatic rings. The molecule has 25 heavy (non-hydrogen) atoms. The fraction of sp³-hybridized carbons (Fsp3) is 0.250. The number of hydrogen-bond acceptors (Lipinski definition) is 3. The zero-order valence-corrected chi connectivity index (χ0v) is 13.2. The van der Waals surface area contributed by atoms with Crippen molar-refractivity contribution in [2.75, 3.05) is 6.07 Å². The lowest BCUT2D eigenvalue weighted by molar-refractivity contribution is -0.187. The lowest BCUT2D eigenvalue weighted by Gasteiger charge is -2.41. The Morgan fingerprint density at radius 3 is 2.28 bits per heavy atom. The van der Waals surface area contributed by atoms with Gasteiger partial charge in [-0.15, -0.1) is 0 Å². The van der Waals surface area contributed by atoms with Crippen molar-refractivity contribution in [2.24, 2.45) is 0 Å². The van der Waals surface area contributed by atoms with Gasteiger partial charge in [-0.25, -0.2) is 4.79 Å². The largest absolute Gasteiger partial charge is 0.475 e. The van der Waals surface area contributed by atoms with Gasteiger partial charge in [0.25, 0.3) is 0 Å². The Bertz CT molecular complexity index is 756. The summed E-state index contributed by atoms with van der Waals surface area (Å²) < 4.78 is 112. The molecule has 1 aromatic rings. The molecule has 0 fully saturated rings. The molecule has 0 aromatic heterocycles. The number of alkyl halides is 4. The average molecular weight is 419 g/mol. The molecule has 0 saturated heterocycles. The molecule has 0 amide bonds. The number of carbonyl (C=O) groups is 1. The molecular formula is C12H7ClF8O3S. The van der Waals surface area contributed by atoms with Crippen LogP contribution in [0.3, 0.4) is 0 Å². The van der Waals surface area contributed by atoms with E-state index in [9.17, 15) is 37.4 Å². The topological polar surface area (TPSA) is 35.5 Å². The molecule has 0 aliphatic carbocycles. The molecule has 0 N–H and O–H groups in total. The Kier molecular flexibility index (Phi) is 4.05. The third kappa shape index (κ3) is 4.29. The predicted octanol–water partition coefficient (Wildman–Crippen LogP) is 5.79. The smallest absolute Gasteiger partial charge is 0.430 e. The molecule has 13 heteroatoms. The number of hydrogen-bond donors (Lipinski definition) is 0. The minimum absolute atomic E-state index is 0.0935. The van der Waals surface area contributed by atoms with Crippen LogP contribution in [0.15, 0.2) is 28.7 Å². The van der Waals surface area contributed by atoms with Gasteiger partial charge >= 0.3 is 22.4 Å². The number of rotatable bonds is 3. The van der Waals surface area contributed by atoms with Crippen LogP contribution in [0, 0.1) is 0 Å². The third-order valence-corrected chi connectivity index (χ3v) is 4.24. The number of fused-ring (bicyclic) bond motifs is 1. The van der Waals surface area contributed by atoms with Crippen LogP contribution < -0.4 is 4.74 Å². The Hall–Kier alpha value is -1.69. The summed E-state index contributed by atoms with van der Waals surface area (Å²) in [6, 6.07) is -0.707. The van der Waals surface area contributed by atoms with Crippen molar-refractivity contribution in [3.05, 3.63) is 29.3 Å². The van der Waals surface area contributed by atoms with E-state index in [-0.39, 0.29) is 12.1 Å². The zero-order chi connectivity index (χ0) is 19.3. The maximum Gasteiger partial charge on any atom is 0.430 e. The van der Waals surface area contributed by atoms with Gasteiger partial charge in [-0.1, -0.05) is 31.0 Å². The van der Waals surface area contributed by atoms with Crippen molar-refractivity contribution in [2.45, 2.75) is 17.2 Å². The number of esters is 1. The summed E-state index contributed by atoms with van der Waals surface area (Å²) in [5.74, 6) is -2.36. The molecule has 1 heterocycles. The van der Waals surface area contributed by atoms with Crippen molar-refractivity contribution >= 4 is 33.9 Å². The molecule has 2 rings (SSSR count). The summed E-state index contributed by atoms with van der Waals surface area (Å²) in [7, 11) is -10.1. The van der Waals surface area contributed by atoms with Crippen molar-refractivity contribution in [3.63, 3.8) is 0 Å². The minimum atomic E-state index is -10.1. The van der Waals surface area contributed by atoms with E-state index in [4.69, 9.17) is 11.6 Å². The molecule has 0 unspecified atom stereocenters.